The van der Waals surface area contributed by atoms with Crippen molar-refractivity contribution in [3.05, 3.63) is 34.9 Å². The van der Waals surface area contributed by atoms with E-state index < -0.39 is 36.4 Å². The average molecular weight is 357 g/mol. The molecule has 4 nitrogen and oxygen atoms in total. The first kappa shape index (κ1) is 19.8. The Kier molecular flexibility index (Phi) is 5.85. The van der Waals surface area contributed by atoms with E-state index in [1.165, 1.54) is 6.92 Å². The lowest BCUT2D eigenvalue weighted by Crippen LogP contribution is -2.36. The van der Waals surface area contributed by atoms with E-state index in [9.17, 15) is 35.9 Å². The van der Waals surface area contributed by atoms with Crippen molar-refractivity contribution in [2.24, 2.45) is 0 Å². The van der Waals surface area contributed by atoms with Crippen LogP contribution in [-0.4, -0.2) is 36.6 Å². The molecule has 0 radical (unpaired) electrons. The Hall–Kier alpha value is -2.26. The Labute approximate surface area is 133 Å². The summed E-state index contributed by atoms with van der Waals surface area (Å²) in [5.74, 6) is -3.03. The van der Waals surface area contributed by atoms with Crippen LogP contribution in [0.25, 0.3) is 0 Å². The van der Waals surface area contributed by atoms with Gasteiger partial charge in [0.05, 0.1) is 5.56 Å². The topological polar surface area (TPSA) is 46.6 Å². The van der Waals surface area contributed by atoms with Crippen LogP contribution in [0.2, 0.25) is 0 Å². The van der Waals surface area contributed by atoms with Gasteiger partial charge in [0, 0.05) is 13.6 Å². The Morgan fingerprint density at radius 3 is 2.17 bits per heavy atom. The summed E-state index contributed by atoms with van der Waals surface area (Å²) in [6, 6.07) is 2.81. The molecule has 0 N–H and O–H groups in total. The maximum atomic E-state index is 12.6. The molecule has 134 valence electrons. The summed E-state index contributed by atoms with van der Waals surface area (Å²) in [7, 11) is 1.12. The number of carbonyl (C=O) groups excluding carboxylic acids is 2. The van der Waals surface area contributed by atoms with Crippen molar-refractivity contribution in [1.29, 1.82) is 0 Å². The van der Waals surface area contributed by atoms with Gasteiger partial charge in [-0.05, 0) is 30.2 Å². The molecular weight excluding hydrogens is 344 g/mol. The monoisotopic (exact) mass is 357 g/mol. The second-order valence-corrected chi connectivity index (χ2v) is 4.99. The van der Waals surface area contributed by atoms with E-state index in [0.717, 1.165) is 30.1 Å². The van der Waals surface area contributed by atoms with Gasteiger partial charge in [-0.25, -0.2) is 4.79 Å². The van der Waals surface area contributed by atoms with E-state index in [1.54, 1.807) is 0 Å². The molecular formula is C14H13F6NO3. The Balaban J connectivity index is 2.75. The number of hydrogen-bond acceptors (Lipinski definition) is 3. The van der Waals surface area contributed by atoms with Crippen LogP contribution < -0.4 is 0 Å². The van der Waals surface area contributed by atoms with Gasteiger partial charge in [-0.1, -0.05) is 6.07 Å². The number of halogens is 6. The van der Waals surface area contributed by atoms with Gasteiger partial charge < -0.3 is 9.64 Å². The van der Waals surface area contributed by atoms with Crippen molar-refractivity contribution >= 4 is 11.9 Å². The second kappa shape index (κ2) is 7.10. The summed E-state index contributed by atoms with van der Waals surface area (Å²) in [6.45, 7) is -0.778. The molecule has 0 atom stereocenters. The number of amides is 1. The van der Waals surface area contributed by atoms with Crippen LogP contribution in [0.15, 0.2) is 18.2 Å². The van der Waals surface area contributed by atoms with Gasteiger partial charge >= 0.3 is 24.2 Å². The molecule has 1 aromatic rings. The van der Waals surface area contributed by atoms with Gasteiger partial charge in [-0.2, -0.15) is 26.3 Å². The van der Waals surface area contributed by atoms with Gasteiger partial charge in [0.1, 0.15) is 0 Å². The quantitative estimate of drug-likeness (QED) is 0.475. The summed E-state index contributed by atoms with van der Waals surface area (Å²) in [4.78, 5) is 23.6. The molecule has 0 fully saturated rings. The zero-order valence-corrected chi connectivity index (χ0v) is 12.6. The molecule has 0 aliphatic rings. The maximum Gasteiger partial charge on any atom is 0.422 e. The first-order valence-electron chi connectivity index (χ1n) is 6.47. The lowest BCUT2D eigenvalue weighted by Gasteiger charge is -2.18. The first-order valence-corrected chi connectivity index (χ1v) is 6.47. The Bertz CT molecular complexity index is 624. The van der Waals surface area contributed by atoms with Crippen molar-refractivity contribution in [3.8, 4) is 0 Å². The second-order valence-electron chi connectivity index (χ2n) is 4.99. The van der Waals surface area contributed by atoms with Crippen LogP contribution in [0.3, 0.4) is 0 Å². The van der Waals surface area contributed by atoms with Crippen molar-refractivity contribution < 1.29 is 40.7 Å². The molecule has 0 saturated carbocycles. The van der Waals surface area contributed by atoms with Gasteiger partial charge in [-0.3, -0.25) is 4.79 Å². The number of nitrogens with zero attached hydrogens (tertiary/aromatic N) is 1. The number of hydrogen-bond donors (Lipinski definition) is 0. The summed E-state index contributed by atoms with van der Waals surface area (Å²) >= 11 is 0. The SMILES string of the molecule is Cc1cc(C(F)(F)F)ccc1CN(C)C(=O)C(=O)OCC(F)(F)F. The summed E-state index contributed by atoms with van der Waals surface area (Å²) in [5, 5.41) is 0. The number of ether oxygens (including phenoxy) is 1. The van der Waals surface area contributed by atoms with Crippen molar-refractivity contribution in [2.45, 2.75) is 25.8 Å². The van der Waals surface area contributed by atoms with E-state index in [4.69, 9.17) is 0 Å². The molecule has 24 heavy (non-hydrogen) atoms. The summed E-state index contributed by atoms with van der Waals surface area (Å²) < 4.78 is 77.3. The minimum Gasteiger partial charge on any atom is -0.449 e. The van der Waals surface area contributed by atoms with E-state index in [-0.39, 0.29) is 12.1 Å². The summed E-state index contributed by atoms with van der Waals surface area (Å²) in [5.41, 5.74) is -0.349. The molecule has 0 aliphatic heterocycles. The summed E-state index contributed by atoms with van der Waals surface area (Å²) in [6.07, 6.45) is -9.29. The minimum absolute atomic E-state index is 0.216. The number of rotatable bonds is 3. The highest BCUT2D eigenvalue weighted by atomic mass is 19.4. The van der Waals surface area contributed by atoms with Gasteiger partial charge in [0.2, 0.25) is 0 Å². The minimum atomic E-state index is -4.77. The molecule has 0 unspecified atom stereocenters. The van der Waals surface area contributed by atoms with Gasteiger partial charge in [0.15, 0.2) is 6.61 Å². The third kappa shape index (κ3) is 5.74. The lowest BCUT2D eigenvalue weighted by molar-refractivity contribution is -0.189. The predicted octanol–water partition coefficient (Wildman–Crippen LogP) is 3.08. The normalized spacial score (nSPS) is 12.0. The van der Waals surface area contributed by atoms with E-state index in [2.05, 4.69) is 4.74 Å². The van der Waals surface area contributed by atoms with Gasteiger partial charge in [-0.15, -0.1) is 0 Å². The molecule has 1 aromatic carbocycles. The van der Waals surface area contributed by atoms with Crippen molar-refractivity contribution in [1.82, 2.24) is 4.90 Å². The van der Waals surface area contributed by atoms with Crippen LogP contribution in [0.5, 0.6) is 0 Å². The standard InChI is InChI=1S/C14H13F6NO3/c1-8-5-10(14(18,19)20)4-3-9(8)6-21(2)11(22)12(23)24-7-13(15,16)17/h3-5H,6-7H2,1-2H3. The zero-order valence-electron chi connectivity index (χ0n) is 12.6. The van der Waals surface area contributed by atoms with Crippen molar-refractivity contribution in [3.63, 3.8) is 0 Å². The zero-order chi connectivity index (χ0) is 18.7. The largest absolute Gasteiger partial charge is 0.449 e. The van der Waals surface area contributed by atoms with E-state index in [0.29, 0.717) is 5.56 Å². The van der Waals surface area contributed by atoms with Crippen molar-refractivity contribution in [2.75, 3.05) is 13.7 Å². The number of benzene rings is 1. The molecule has 0 spiro atoms. The highest BCUT2D eigenvalue weighted by Crippen LogP contribution is 2.30. The molecule has 0 bridgehead atoms. The number of esters is 1. The molecule has 0 aromatic heterocycles. The van der Waals surface area contributed by atoms with Crippen LogP contribution >= 0.6 is 0 Å². The smallest absolute Gasteiger partial charge is 0.422 e. The Morgan fingerprint density at radius 1 is 1.12 bits per heavy atom. The first-order chi connectivity index (χ1) is 10.8. The number of aryl methyl sites for hydroxylation is 1. The highest BCUT2D eigenvalue weighted by molar-refractivity contribution is 6.32. The third-order valence-corrected chi connectivity index (χ3v) is 2.97. The predicted molar refractivity (Wildman–Crippen MR) is 69.7 cm³/mol. The fourth-order valence-electron chi connectivity index (χ4n) is 1.74. The number of carbonyl (C=O) groups is 2. The fourth-order valence-corrected chi connectivity index (χ4v) is 1.74. The van der Waals surface area contributed by atoms with Gasteiger partial charge in [0.25, 0.3) is 0 Å². The fraction of sp³-hybridized carbons (Fsp3) is 0.429. The third-order valence-electron chi connectivity index (χ3n) is 2.97. The van der Waals surface area contributed by atoms with Crippen LogP contribution in [0, 0.1) is 6.92 Å². The lowest BCUT2D eigenvalue weighted by atomic mass is 10.0. The molecule has 0 heterocycles. The van der Waals surface area contributed by atoms with Crippen LogP contribution in [0.1, 0.15) is 16.7 Å². The van der Waals surface area contributed by atoms with E-state index >= 15 is 0 Å². The molecule has 1 amide bonds. The molecule has 1 rings (SSSR count). The number of alkyl halides is 6. The van der Waals surface area contributed by atoms with Crippen LogP contribution in [-0.2, 0) is 27.0 Å². The average Bonchev–Trinajstić information content (AvgIpc) is 2.44. The highest BCUT2D eigenvalue weighted by Gasteiger charge is 2.33. The van der Waals surface area contributed by atoms with Crippen LogP contribution in [0.4, 0.5) is 26.3 Å². The Morgan fingerprint density at radius 2 is 1.71 bits per heavy atom. The molecule has 0 aliphatic carbocycles. The maximum absolute atomic E-state index is 12.6. The molecule has 0 saturated heterocycles. The molecule has 10 heteroatoms. The number of likely N-dealkylation sites (N-methyl/N-ethyl adjacent to an activating group) is 1. The van der Waals surface area contributed by atoms with E-state index in [1.807, 2.05) is 0 Å².